The number of rotatable bonds is 3. The zero-order valence-corrected chi connectivity index (χ0v) is 19.7. The molecule has 30 heavy (non-hydrogen) atoms. The maximum absolute atomic E-state index is 5.91. The van der Waals surface area contributed by atoms with Crippen LogP contribution in [0.25, 0.3) is 22.4 Å². The van der Waals surface area contributed by atoms with Crippen molar-refractivity contribution in [1.29, 1.82) is 0 Å². The second kappa shape index (κ2) is 7.72. The highest BCUT2D eigenvalue weighted by molar-refractivity contribution is 14.1. The molecule has 0 saturated carbocycles. The van der Waals surface area contributed by atoms with Crippen LogP contribution in [0, 0.1) is 17.4 Å². The Morgan fingerprint density at radius 1 is 1.10 bits per heavy atom. The van der Waals surface area contributed by atoms with E-state index in [9.17, 15) is 0 Å². The second-order valence-corrected chi connectivity index (χ2v) is 9.17. The molecule has 3 aromatic rings. The van der Waals surface area contributed by atoms with Gasteiger partial charge in [0.2, 0.25) is 0 Å². The Balaban J connectivity index is 1.65. The van der Waals surface area contributed by atoms with E-state index in [-0.39, 0.29) is 0 Å². The summed E-state index contributed by atoms with van der Waals surface area (Å²) in [7, 11) is 0. The topological polar surface area (TPSA) is 73.5 Å². The number of piperidine rings is 1. The normalized spacial score (nSPS) is 18.6. The maximum atomic E-state index is 5.91. The van der Waals surface area contributed by atoms with E-state index >= 15 is 0 Å². The molecule has 0 aliphatic carbocycles. The van der Waals surface area contributed by atoms with Gasteiger partial charge < -0.3 is 18.9 Å². The molecular weight excluding hydrogens is 495 g/mol. The molecular formula is C22H25IN4O3. The van der Waals surface area contributed by atoms with Crippen molar-refractivity contribution in [2.75, 3.05) is 31.2 Å². The minimum absolute atomic E-state index is 0.423. The van der Waals surface area contributed by atoms with Crippen molar-refractivity contribution in [1.82, 2.24) is 15.1 Å². The van der Waals surface area contributed by atoms with Crippen molar-refractivity contribution in [3.63, 3.8) is 0 Å². The standard InChI is InChI=1S/C22H25IN4O3/c1-4-15-11-16-13(2)18(21-24-14(3)26-30-21)20(25-19(16)17(23)12-15)27-7-5-22(6-8-27)28-9-10-29-22/h11-12H,4-10H2,1-3H3. The number of halogens is 1. The number of aryl methyl sites for hydroxylation is 3. The molecule has 1 aromatic carbocycles. The molecule has 8 heteroatoms. The number of hydrogen-bond acceptors (Lipinski definition) is 7. The van der Waals surface area contributed by atoms with Gasteiger partial charge in [0.15, 0.2) is 11.6 Å². The lowest BCUT2D eigenvalue weighted by Gasteiger charge is -2.38. The van der Waals surface area contributed by atoms with Crippen LogP contribution in [-0.4, -0.2) is 47.2 Å². The molecule has 0 unspecified atom stereocenters. The number of fused-ring (bicyclic) bond motifs is 1. The second-order valence-electron chi connectivity index (χ2n) is 8.00. The van der Waals surface area contributed by atoms with E-state index in [0.29, 0.717) is 24.9 Å². The van der Waals surface area contributed by atoms with Gasteiger partial charge in [-0.15, -0.1) is 0 Å². The number of nitrogens with zero attached hydrogens (tertiary/aromatic N) is 4. The van der Waals surface area contributed by atoms with Crippen LogP contribution < -0.4 is 4.90 Å². The largest absolute Gasteiger partial charge is 0.356 e. The fourth-order valence-corrected chi connectivity index (χ4v) is 5.26. The minimum Gasteiger partial charge on any atom is -0.356 e. The molecule has 2 aliphatic heterocycles. The predicted octanol–water partition coefficient (Wildman–Crippen LogP) is 4.41. The predicted molar refractivity (Wildman–Crippen MR) is 123 cm³/mol. The summed E-state index contributed by atoms with van der Waals surface area (Å²) in [5.41, 5.74) is 4.37. The van der Waals surface area contributed by atoms with Gasteiger partial charge in [-0.2, -0.15) is 4.98 Å². The van der Waals surface area contributed by atoms with Crippen molar-refractivity contribution in [3.05, 3.63) is 32.7 Å². The molecule has 4 heterocycles. The van der Waals surface area contributed by atoms with Crippen LogP contribution in [-0.2, 0) is 15.9 Å². The van der Waals surface area contributed by atoms with Gasteiger partial charge in [-0.25, -0.2) is 4.98 Å². The summed E-state index contributed by atoms with van der Waals surface area (Å²) < 4.78 is 18.6. The van der Waals surface area contributed by atoms with Crippen molar-refractivity contribution in [3.8, 4) is 11.5 Å². The van der Waals surface area contributed by atoms with Gasteiger partial charge in [-0.05, 0) is 66.1 Å². The van der Waals surface area contributed by atoms with Crippen LogP contribution in [0.3, 0.4) is 0 Å². The van der Waals surface area contributed by atoms with Crippen LogP contribution in [0.1, 0.15) is 36.7 Å². The van der Waals surface area contributed by atoms with Crippen LogP contribution in [0.4, 0.5) is 5.82 Å². The molecule has 0 amide bonds. The fraction of sp³-hybridized carbons (Fsp3) is 0.500. The monoisotopic (exact) mass is 520 g/mol. The van der Waals surface area contributed by atoms with Gasteiger partial charge in [0.25, 0.3) is 5.89 Å². The molecule has 0 N–H and O–H groups in total. The molecule has 0 atom stereocenters. The number of anilines is 1. The summed E-state index contributed by atoms with van der Waals surface area (Å²) >= 11 is 2.40. The number of aromatic nitrogens is 3. The Labute approximate surface area is 189 Å². The summed E-state index contributed by atoms with van der Waals surface area (Å²) in [5, 5.41) is 5.18. The molecule has 2 saturated heterocycles. The quantitative estimate of drug-likeness (QED) is 0.474. The van der Waals surface area contributed by atoms with Gasteiger partial charge >= 0.3 is 0 Å². The summed E-state index contributed by atoms with van der Waals surface area (Å²) in [4.78, 5) is 12.0. The Hall–Kier alpha value is -1.78. The average Bonchev–Trinajstić information content (AvgIpc) is 3.38. The fourth-order valence-electron chi connectivity index (χ4n) is 4.45. The van der Waals surface area contributed by atoms with E-state index in [1.165, 1.54) is 5.56 Å². The van der Waals surface area contributed by atoms with E-state index in [1.54, 1.807) is 0 Å². The Kier molecular flexibility index (Phi) is 5.19. The average molecular weight is 520 g/mol. The Morgan fingerprint density at radius 3 is 2.47 bits per heavy atom. The molecule has 7 nitrogen and oxygen atoms in total. The number of hydrogen-bond donors (Lipinski definition) is 0. The third-order valence-electron chi connectivity index (χ3n) is 6.13. The Bertz CT molecular complexity index is 1100. The summed E-state index contributed by atoms with van der Waals surface area (Å²) in [5.74, 6) is 1.63. The molecule has 1 spiro atoms. The highest BCUT2D eigenvalue weighted by Gasteiger charge is 2.41. The van der Waals surface area contributed by atoms with E-state index in [2.05, 4.69) is 63.6 Å². The summed E-state index contributed by atoms with van der Waals surface area (Å²) in [6.45, 7) is 9.12. The SMILES string of the molecule is CCc1cc(I)c2nc(N3CCC4(CC3)OCCO4)c(-c3nc(C)no3)c(C)c2c1. The van der Waals surface area contributed by atoms with Crippen LogP contribution >= 0.6 is 22.6 Å². The van der Waals surface area contributed by atoms with Gasteiger partial charge in [0.1, 0.15) is 5.82 Å². The van der Waals surface area contributed by atoms with Gasteiger partial charge in [0, 0.05) is 34.9 Å². The van der Waals surface area contributed by atoms with E-state index in [1.807, 2.05) is 6.92 Å². The lowest BCUT2D eigenvalue weighted by Crippen LogP contribution is -2.45. The third-order valence-corrected chi connectivity index (χ3v) is 6.95. The summed E-state index contributed by atoms with van der Waals surface area (Å²) in [6.07, 6.45) is 2.62. The highest BCUT2D eigenvalue weighted by atomic mass is 127. The van der Waals surface area contributed by atoms with E-state index in [4.69, 9.17) is 19.0 Å². The lowest BCUT2D eigenvalue weighted by atomic mass is 9.98. The number of pyridine rings is 1. The molecule has 0 radical (unpaired) electrons. The number of ether oxygens (including phenoxy) is 2. The minimum atomic E-state index is -0.423. The van der Waals surface area contributed by atoms with Crippen molar-refractivity contribution >= 4 is 39.3 Å². The van der Waals surface area contributed by atoms with Gasteiger partial charge in [-0.1, -0.05) is 12.1 Å². The molecule has 0 bridgehead atoms. The van der Waals surface area contributed by atoms with E-state index in [0.717, 1.165) is 63.8 Å². The molecule has 158 valence electrons. The van der Waals surface area contributed by atoms with Crippen molar-refractivity contribution in [2.45, 2.75) is 45.8 Å². The molecule has 2 fully saturated rings. The highest BCUT2D eigenvalue weighted by Crippen LogP contribution is 2.40. The smallest absolute Gasteiger partial charge is 0.261 e. The lowest BCUT2D eigenvalue weighted by molar-refractivity contribution is -0.169. The van der Waals surface area contributed by atoms with Gasteiger partial charge in [0.05, 0.1) is 24.3 Å². The first-order valence-electron chi connectivity index (χ1n) is 10.5. The van der Waals surface area contributed by atoms with Crippen LogP contribution in [0.5, 0.6) is 0 Å². The zero-order valence-electron chi connectivity index (χ0n) is 17.5. The first kappa shape index (κ1) is 20.1. The molecule has 2 aliphatic rings. The first-order chi connectivity index (χ1) is 14.5. The third kappa shape index (κ3) is 3.38. The van der Waals surface area contributed by atoms with Crippen LogP contribution in [0.15, 0.2) is 16.7 Å². The van der Waals surface area contributed by atoms with Crippen molar-refractivity contribution < 1.29 is 14.0 Å². The van der Waals surface area contributed by atoms with Gasteiger partial charge in [-0.3, -0.25) is 0 Å². The zero-order chi connectivity index (χ0) is 20.9. The first-order valence-corrected chi connectivity index (χ1v) is 11.5. The van der Waals surface area contributed by atoms with Crippen LogP contribution in [0.2, 0.25) is 0 Å². The van der Waals surface area contributed by atoms with E-state index < -0.39 is 5.79 Å². The number of benzene rings is 1. The Morgan fingerprint density at radius 2 is 1.83 bits per heavy atom. The maximum Gasteiger partial charge on any atom is 0.261 e. The molecule has 2 aromatic heterocycles. The van der Waals surface area contributed by atoms with Crippen molar-refractivity contribution in [2.24, 2.45) is 0 Å². The molecule has 5 rings (SSSR count). The summed E-state index contributed by atoms with van der Waals surface area (Å²) in [6, 6.07) is 4.46.